The summed E-state index contributed by atoms with van der Waals surface area (Å²) < 4.78 is 5.25. The summed E-state index contributed by atoms with van der Waals surface area (Å²) in [6, 6.07) is 6.58. The number of anilines is 1. The highest BCUT2D eigenvalue weighted by molar-refractivity contribution is 5.64. The predicted molar refractivity (Wildman–Crippen MR) is 99.0 cm³/mol. The fourth-order valence-electron chi connectivity index (χ4n) is 2.58. The second-order valence-corrected chi connectivity index (χ2v) is 5.03. The van der Waals surface area contributed by atoms with Crippen molar-refractivity contribution in [2.45, 2.75) is 34.1 Å². The number of nitro benzene ring substituents is 1. The van der Waals surface area contributed by atoms with Gasteiger partial charge in [-0.05, 0) is 43.5 Å². The Hall–Kier alpha value is -2.40. The van der Waals surface area contributed by atoms with E-state index < -0.39 is 0 Å². The number of non-ortho nitro benzene ring substituents is 1. The molecule has 1 aliphatic rings. The van der Waals surface area contributed by atoms with E-state index in [1.54, 1.807) is 19.2 Å². The number of rotatable bonds is 4. The first kappa shape index (κ1) is 19.6. The number of allylic oxidation sites excluding steroid dienone is 3. The van der Waals surface area contributed by atoms with Gasteiger partial charge in [0.15, 0.2) is 0 Å². The zero-order valence-electron chi connectivity index (χ0n) is 15.1. The molecule has 0 bridgehead atoms. The summed E-state index contributed by atoms with van der Waals surface area (Å²) in [6.45, 7) is 8.58. The quantitative estimate of drug-likeness (QED) is 0.561. The standard InChI is InChI=1S/C17H20N2O3.C2H6/c1-4-14-10-13(12-22-3)11-18(17(14)5-2)15-6-8-16(9-7-15)19(20)21;1-2/h4-9,11H,10,12H2,1-3H3;1-2H3/b14-4-,17-5+;. The van der Waals surface area contributed by atoms with E-state index in [0.717, 1.165) is 17.8 Å². The van der Waals surface area contributed by atoms with Gasteiger partial charge in [-0.2, -0.15) is 0 Å². The molecule has 0 spiro atoms. The van der Waals surface area contributed by atoms with Gasteiger partial charge in [-0.1, -0.05) is 26.0 Å². The van der Waals surface area contributed by atoms with Crippen LogP contribution in [-0.4, -0.2) is 18.6 Å². The second kappa shape index (κ2) is 9.67. The van der Waals surface area contributed by atoms with Crippen LogP contribution in [0.15, 0.2) is 59.5 Å². The Morgan fingerprint density at radius 1 is 1.21 bits per heavy atom. The van der Waals surface area contributed by atoms with Crippen molar-refractivity contribution in [1.82, 2.24) is 0 Å². The molecular formula is C19H26N2O3. The van der Waals surface area contributed by atoms with Gasteiger partial charge in [-0.15, -0.1) is 0 Å². The van der Waals surface area contributed by atoms with Crippen molar-refractivity contribution in [3.8, 4) is 0 Å². The van der Waals surface area contributed by atoms with E-state index in [-0.39, 0.29) is 10.6 Å². The third-order valence-corrected chi connectivity index (χ3v) is 3.61. The molecule has 0 N–H and O–H groups in total. The SMILES string of the molecule is C/C=C1/CC(COC)=CN(c2ccc([N+](=O)[O-])cc2)/C1=C/C.CC. The fraction of sp³-hybridized carbons (Fsp3) is 0.368. The molecule has 1 aliphatic heterocycles. The number of hydrogen-bond donors (Lipinski definition) is 0. The van der Waals surface area contributed by atoms with E-state index in [1.165, 1.54) is 23.3 Å². The summed E-state index contributed by atoms with van der Waals surface area (Å²) in [5, 5.41) is 10.8. The Kier molecular flexibility index (Phi) is 7.92. The summed E-state index contributed by atoms with van der Waals surface area (Å²) in [7, 11) is 1.68. The molecule has 0 radical (unpaired) electrons. The summed E-state index contributed by atoms with van der Waals surface area (Å²) in [6.07, 6.45) is 7.05. The maximum absolute atomic E-state index is 10.8. The number of hydrogen-bond acceptors (Lipinski definition) is 4. The van der Waals surface area contributed by atoms with Gasteiger partial charge in [0.2, 0.25) is 0 Å². The van der Waals surface area contributed by atoms with E-state index >= 15 is 0 Å². The lowest BCUT2D eigenvalue weighted by molar-refractivity contribution is -0.384. The molecule has 1 aromatic rings. The minimum Gasteiger partial charge on any atom is -0.380 e. The molecule has 1 aromatic carbocycles. The predicted octanol–water partition coefficient (Wildman–Crippen LogP) is 5.21. The number of nitrogens with zero attached hydrogens (tertiary/aromatic N) is 2. The first-order valence-corrected chi connectivity index (χ1v) is 8.14. The highest BCUT2D eigenvalue weighted by Crippen LogP contribution is 2.34. The molecule has 0 saturated carbocycles. The fourth-order valence-corrected chi connectivity index (χ4v) is 2.58. The Labute approximate surface area is 144 Å². The average molecular weight is 330 g/mol. The normalized spacial score (nSPS) is 17.4. The van der Waals surface area contributed by atoms with Crippen LogP contribution in [0.3, 0.4) is 0 Å². The molecule has 5 nitrogen and oxygen atoms in total. The molecule has 0 amide bonds. The van der Waals surface area contributed by atoms with Crippen LogP contribution in [0.1, 0.15) is 34.1 Å². The minimum atomic E-state index is -0.389. The molecule has 2 rings (SSSR count). The Morgan fingerprint density at radius 3 is 2.29 bits per heavy atom. The van der Waals surface area contributed by atoms with Gasteiger partial charge in [0.05, 0.1) is 11.5 Å². The van der Waals surface area contributed by atoms with Gasteiger partial charge in [0.25, 0.3) is 5.69 Å². The molecular weight excluding hydrogens is 304 g/mol. The third kappa shape index (κ3) is 4.55. The van der Waals surface area contributed by atoms with Crippen LogP contribution >= 0.6 is 0 Å². The van der Waals surface area contributed by atoms with Crippen LogP contribution in [-0.2, 0) is 4.74 Å². The minimum absolute atomic E-state index is 0.0927. The zero-order valence-corrected chi connectivity index (χ0v) is 15.1. The molecule has 0 saturated heterocycles. The topological polar surface area (TPSA) is 55.6 Å². The number of methoxy groups -OCH3 is 1. The van der Waals surface area contributed by atoms with Crippen molar-refractivity contribution < 1.29 is 9.66 Å². The van der Waals surface area contributed by atoms with Crippen molar-refractivity contribution in [1.29, 1.82) is 0 Å². The second-order valence-electron chi connectivity index (χ2n) is 5.03. The van der Waals surface area contributed by atoms with Crippen LogP contribution in [0.2, 0.25) is 0 Å². The van der Waals surface area contributed by atoms with Gasteiger partial charge in [-0.25, -0.2) is 0 Å². The molecule has 5 heteroatoms. The third-order valence-electron chi connectivity index (χ3n) is 3.61. The number of nitro groups is 1. The van der Waals surface area contributed by atoms with Crippen LogP contribution in [0, 0.1) is 10.1 Å². The van der Waals surface area contributed by atoms with E-state index in [9.17, 15) is 10.1 Å². The first-order chi connectivity index (χ1) is 11.6. The first-order valence-electron chi connectivity index (χ1n) is 8.14. The molecule has 130 valence electrons. The lowest BCUT2D eigenvalue weighted by atomic mass is 9.97. The lowest BCUT2D eigenvalue weighted by Crippen LogP contribution is -2.23. The monoisotopic (exact) mass is 330 g/mol. The maximum atomic E-state index is 10.8. The van der Waals surface area contributed by atoms with Gasteiger partial charge in [0.1, 0.15) is 0 Å². The van der Waals surface area contributed by atoms with Gasteiger partial charge in [0, 0.05) is 36.8 Å². The molecule has 0 aliphatic carbocycles. The Morgan fingerprint density at radius 2 is 1.83 bits per heavy atom. The Bertz CT molecular complexity index is 643. The van der Waals surface area contributed by atoms with E-state index in [1.807, 2.05) is 33.9 Å². The van der Waals surface area contributed by atoms with Crippen molar-refractivity contribution in [3.05, 3.63) is 69.6 Å². The van der Waals surface area contributed by atoms with Gasteiger partial charge >= 0.3 is 0 Å². The molecule has 0 aromatic heterocycles. The van der Waals surface area contributed by atoms with Gasteiger partial charge < -0.3 is 9.64 Å². The van der Waals surface area contributed by atoms with E-state index in [2.05, 4.69) is 17.1 Å². The number of benzene rings is 1. The molecule has 1 heterocycles. The summed E-state index contributed by atoms with van der Waals surface area (Å²) in [5.41, 5.74) is 4.47. The molecule has 0 fully saturated rings. The largest absolute Gasteiger partial charge is 0.380 e. The summed E-state index contributed by atoms with van der Waals surface area (Å²) >= 11 is 0. The van der Waals surface area contributed by atoms with Crippen LogP contribution in [0.25, 0.3) is 0 Å². The lowest BCUT2D eigenvalue weighted by Gasteiger charge is -2.31. The molecule has 0 atom stereocenters. The zero-order chi connectivity index (χ0) is 18.1. The average Bonchev–Trinajstić information content (AvgIpc) is 2.63. The van der Waals surface area contributed by atoms with Crippen LogP contribution in [0.4, 0.5) is 11.4 Å². The van der Waals surface area contributed by atoms with Gasteiger partial charge in [-0.3, -0.25) is 10.1 Å². The van der Waals surface area contributed by atoms with Crippen molar-refractivity contribution in [3.63, 3.8) is 0 Å². The summed E-state index contributed by atoms with van der Waals surface area (Å²) in [5.74, 6) is 0. The highest BCUT2D eigenvalue weighted by Gasteiger charge is 2.21. The highest BCUT2D eigenvalue weighted by atomic mass is 16.6. The van der Waals surface area contributed by atoms with E-state index in [4.69, 9.17) is 4.74 Å². The Balaban J connectivity index is 0.00000139. The number of ether oxygens (including phenoxy) is 1. The molecule has 24 heavy (non-hydrogen) atoms. The van der Waals surface area contributed by atoms with Crippen LogP contribution in [0.5, 0.6) is 0 Å². The molecule has 0 unspecified atom stereocenters. The van der Waals surface area contributed by atoms with Crippen LogP contribution < -0.4 is 4.90 Å². The van der Waals surface area contributed by atoms with E-state index in [0.29, 0.717) is 6.61 Å². The van der Waals surface area contributed by atoms with Crippen molar-refractivity contribution in [2.75, 3.05) is 18.6 Å². The smallest absolute Gasteiger partial charge is 0.269 e. The van der Waals surface area contributed by atoms with Crippen molar-refractivity contribution in [2.24, 2.45) is 0 Å². The summed E-state index contributed by atoms with van der Waals surface area (Å²) in [4.78, 5) is 12.5. The van der Waals surface area contributed by atoms with Crippen molar-refractivity contribution >= 4 is 11.4 Å². The maximum Gasteiger partial charge on any atom is 0.269 e.